The number of rotatable bonds is 2. The van der Waals surface area contributed by atoms with Gasteiger partial charge in [-0.3, -0.25) is 4.79 Å². The fourth-order valence-corrected chi connectivity index (χ4v) is 6.56. The van der Waals surface area contributed by atoms with E-state index in [-0.39, 0.29) is 51.0 Å². The Kier molecular flexibility index (Phi) is 5.21. The van der Waals surface area contributed by atoms with E-state index in [9.17, 15) is 35.4 Å². The predicted octanol–water partition coefficient (Wildman–Crippen LogP) is 6.81. The number of phenolic OH excluding ortho intramolecular Hbond substituents is 6. The van der Waals surface area contributed by atoms with Crippen molar-refractivity contribution in [3.8, 4) is 62.7 Å². The van der Waals surface area contributed by atoms with E-state index in [1.165, 1.54) is 54.6 Å². The van der Waals surface area contributed by atoms with Crippen molar-refractivity contribution >= 4 is 16.8 Å². The normalized spacial score (nSPS) is 16.5. The zero-order chi connectivity index (χ0) is 30.4. The van der Waals surface area contributed by atoms with Crippen molar-refractivity contribution in [3.63, 3.8) is 0 Å². The van der Waals surface area contributed by atoms with Gasteiger partial charge in [-0.1, -0.05) is 12.1 Å². The second-order valence-electron chi connectivity index (χ2n) is 11.0. The van der Waals surface area contributed by atoms with Gasteiger partial charge in [0.1, 0.15) is 57.7 Å². The molecule has 1 aliphatic carbocycles. The van der Waals surface area contributed by atoms with Gasteiger partial charge in [-0.05, 0) is 71.3 Å². The summed E-state index contributed by atoms with van der Waals surface area (Å²) in [5.41, 5.74) is 3.00. The molecule has 2 atom stereocenters. The Hall–Kier alpha value is -6.09. The standard InChI is InChI=1S/C35H22O9/c36-17-5-1-15(2-6-17)34-31-22-9-19(38)12-25(41)28(22)33(42)24-11-21(40)14-27-30(24)32(23-10-20(39)13-26(43-34)29(23)31)35(44-27)16-3-7-18(37)8-4-16/h1-14,31,34,36-41H/t31-,34+/m0/s1. The molecule has 44 heavy (non-hydrogen) atoms. The number of carbonyl (C=O) groups is 1. The molecular weight excluding hydrogens is 564 g/mol. The van der Waals surface area contributed by atoms with Crippen molar-refractivity contribution in [1.29, 1.82) is 0 Å². The van der Waals surface area contributed by atoms with E-state index >= 15 is 0 Å². The van der Waals surface area contributed by atoms with Crippen molar-refractivity contribution in [2.75, 3.05) is 0 Å². The van der Waals surface area contributed by atoms with E-state index < -0.39 is 23.6 Å². The van der Waals surface area contributed by atoms with Crippen LogP contribution in [0, 0.1) is 0 Å². The zero-order valence-electron chi connectivity index (χ0n) is 22.6. The van der Waals surface area contributed by atoms with Crippen LogP contribution < -0.4 is 4.74 Å². The van der Waals surface area contributed by atoms with Crippen LogP contribution in [0.5, 0.6) is 40.2 Å². The van der Waals surface area contributed by atoms with E-state index in [2.05, 4.69) is 0 Å². The van der Waals surface area contributed by atoms with Gasteiger partial charge in [0.25, 0.3) is 0 Å². The summed E-state index contributed by atoms with van der Waals surface area (Å²) in [6, 6.07) is 20.8. The highest BCUT2D eigenvalue weighted by molar-refractivity contribution is 6.23. The third-order valence-corrected chi connectivity index (χ3v) is 8.33. The fraction of sp³-hybridized carbons (Fsp3) is 0.0571. The molecule has 0 radical (unpaired) electrons. The molecule has 216 valence electrons. The number of hydrogen-bond acceptors (Lipinski definition) is 9. The maximum atomic E-state index is 14.5. The van der Waals surface area contributed by atoms with Crippen LogP contribution in [0.15, 0.2) is 89.3 Å². The van der Waals surface area contributed by atoms with E-state index in [4.69, 9.17) is 9.15 Å². The lowest BCUT2D eigenvalue weighted by atomic mass is 9.79. The Morgan fingerprint density at radius 2 is 1.25 bits per heavy atom. The quantitative estimate of drug-likeness (QED) is 0.128. The van der Waals surface area contributed by atoms with Crippen molar-refractivity contribution in [2.45, 2.75) is 12.0 Å². The van der Waals surface area contributed by atoms with Crippen LogP contribution in [0.2, 0.25) is 0 Å². The number of ketones is 1. The van der Waals surface area contributed by atoms with E-state index in [0.717, 1.165) is 6.07 Å². The first-order valence-electron chi connectivity index (χ1n) is 13.7. The minimum atomic E-state index is -0.812. The average molecular weight is 587 g/mol. The highest BCUT2D eigenvalue weighted by atomic mass is 16.5. The Morgan fingerprint density at radius 1 is 0.614 bits per heavy atom. The molecule has 6 aromatic rings. The number of furan rings is 1. The molecule has 1 aromatic heterocycles. The molecule has 1 aliphatic heterocycles. The molecule has 9 nitrogen and oxygen atoms in total. The number of benzene rings is 5. The molecule has 5 aromatic carbocycles. The zero-order valence-corrected chi connectivity index (χ0v) is 22.6. The number of aromatic hydroxyl groups is 6. The molecule has 0 unspecified atom stereocenters. The van der Waals surface area contributed by atoms with Gasteiger partial charge in [-0.25, -0.2) is 0 Å². The molecule has 6 N–H and O–H groups in total. The van der Waals surface area contributed by atoms with Crippen LogP contribution in [-0.4, -0.2) is 36.4 Å². The Labute approximate surface area is 248 Å². The van der Waals surface area contributed by atoms with Crippen LogP contribution in [-0.2, 0) is 0 Å². The smallest absolute Gasteiger partial charge is 0.197 e. The van der Waals surface area contributed by atoms with Gasteiger partial charge < -0.3 is 39.8 Å². The first-order valence-corrected chi connectivity index (χ1v) is 13.7. The van der Waals surface area contributed by atoms with Crippen LogP contribution in [0.25, 0.3) is 33.4 Å². The lowest BCUT2D eigenvalue weighted by molar-refractivity contribution is 0.103. The Balaban J connectivity index is 1.56. The lowest BCUT2D eigenvalue weighted by Gasteiger charge is -2.23. The third kappa shape index (κ3) is 3.62. The van der Waals surface area contributed by atoms with Crippen molar-refractivity contribution in [3.05, 3.63) is 113 Å². The Bertz CT molecular complexity index is 2180. The largest absolute Gasteiger partial charge is 0.508 e. The summed E-state index contributed by atoms with van der Waals surface area (Å²) in [5, 5.41) is 63.9. The molecule has 0 saturated heterocycles. The number of hydrogen-bond donors (Lipinski definition) is 6. The second kappa shape index (κ2) is 8.95. The minimum absolute atomic E-state index is 0.0326. The second-order valence-corrected chi connectivity index (χ2v) is 11.0. The molecule has 0 bridgehead atoms. The van der Waals surface area contributed by atoms with Gasteiger partial charge in [0.2, 0.25) is 0 Å². The minimum Gasteiger partial charge on any atom is -0.508 e. The molecule has 0 amide bonds. The van der Waals surface area contributed by atoms with Gasteiger partial charge >= 0.3 is 0 Å². The van der Waals surface area contributed by atoms with Gasteiger partial charge in [0.15, 0.2) is 5.78 Å². The molecule has 2 heterocycles. The fourth-order valence-electron chi connectivity index (χ4n) is 6.56. The van der Waals surface area contributed by atoms with E-state index in [1.807, 2.05) is 0 Å². The molecule has 9 heteroatoms. The van der Waals surface area contributed by atoms with Gasteiger partial charge in [0, 0.05) is 45.8 Å². The van der Waals surface area contributed by atoms with Crippen molar-refractivity contribution in [1.82, 2.24) is 0 Å². The molecule has 2 aliphatic rings. The van der Waals surface area contributed by atoms with Crippen LogP contribution in [0.3, 0.4) is 0 Å². The summed E-state index contributed by atoms with van der Waals surface area (Å²) in [7, 11) is 0. The number of ether oxygens (including phenoxy) is 1. The van der Waals surface area contributed by atoms with Gasteiger partial charge in [-0.15, -0.1) is 0 Å². The van der Waals surface area contributed by atoms with Crippen molar-refractivity contribution < 1.29 is 44.6 Å². The number of carbonyl (C=O) groups excluding carboxylic acids is 1. The molecular formula is C35H22O9. The lowest BCUT2D eigenvalue weighted by Crippen LogP contribution is -2.15. The van der Waals surface area contributed by atoms with Gasteiger partial charge in [0.05, 0.1) is 11.5 Å². The molecule has 0 spiro atoms. The van der Waals surface area contributed by atoms with Crippen LogP contribution >= 0.6 is 0 Å². The highest BCUT2D eigenvalue weighted by Gasteiger charge is 2.44. The number of fused-ring (bicyclic) bond motifs is 3. The van der Waals surface area contributed by atoms with Crippen LogP contribution in [0.1, 0.15) is 44.6 Å². The monoisotopic (exact) mass is 586 g/mol. The molecule has 0 fully saturated rings. The summed E-state index contributed by atoms with van der Waals surface area (Å²) >= 11 is 0. The maximum Gasteiger partial charge on any atom is 0.197 e. The maximum absolute atomic E-state index is 14.5. The first-order chi connectivity index (χ1) is 21.2. The summed E-state index contributed by atoms with van der Waals surface area (Å²) in [4.78, 5) is 14.5. The number of phenols is 6. The average Bonchev–Trinajstić information content (AvgIpc) is 3.55. The topological polar surface area (TPSA) is 161 Å². The summed E-state index contributed by atoms with van der Waals surface area (Å²) in [5.74, 6) is -1.87. The van der Waals surface area contributed by atoms with E-state index in [1.54, 1.807) is 24.3 Å². The summed E-state index contributed by atoms with van der Waals surface area (Å²) < 4.78 is 12.8. The van der Waals surface area contributed by atoms with Gasteiger partial charge in [-0.2, -0.15) is 0 Å². The van der Waals surface area contributed by atoms with Crippen molar-refractivity contribution in [2.24, 2.45) is 0 Å². The van der Waals surface area contributed by atoms with Crippen LogP contribution in [0.4, 0.5) is 0 Å². The first kappa shape index (κ1) is 25.6. The SMILES string of the molecule is O=C1c2c(O)cc(O)cc2[C@H]2c3c(cc(O)cc3-c3c(-c4ccc(O)cc4)oc4cc(O)cc1c34)O[C@@H]2c1ccc(O)cc1. The molecule has 0 saturated carbocycles. The summed E-state index contributed by atoms with van der Waals surface area (Å²) in [6.07, 6.45) is -0.812. The third-order valence-electron chi connectivity index (χ3n) is 8.33. The predicted molar refractivity (Wildman–Crippen MR) is 159 cm³/mol. The van der Waals surface area contributed by atoms with E-state index in [0.29, 0.717) is 44.7 Å². The Morgan fingerprint density at radius 3 is 1.98 bits per heavy atom. The summed E-state index contributed by atoms with van der Waals surface area (Å²) in [6.45, 7) is 0. The molecule has 8 rings (SSSR count). The highest BCUT2D eigenvalue weighted by Crippen LogP contribution is 2.59.